The number of anilines is 1. The Morgan fingerprint density at radius 1 is 0.773 bits per heavy atom. The number of alkyl halides is 3. The summed E-state index contributed by atoms with van der Waals surface area (Å²) in [5.74, 6) is 4.33. The molecular formula is C36H28F3NO3Si. The molecule has 0 saturated heterocycles. The Kier molecular flexibility index (Phi) is 9.28. The van der Waals surface area contributed by atoms with Crippen molar-refractivity contribution in [3.8, 4) is 23.8 Å². The van der Waals surface area contributed by atoms with Gasteiger partial charge in [-0.2, -0.15) is 13.2 Å². The quantitative estimate of drug-likeness (QED) is 0.159. The molecule has 1 amide bonds. The minimum Gasteiger partial charge on any atom is -0.478 e. The molecule has 0 atom stereocenters. The van der Waals surface area contributed by atoms with Gasteiger partial charge in [-0.25, -0.2) is 4.79 Å². The van der Waals surface area contributed by atoms with E-state index in [-0.39, 0.29) is 5.69 Å². The number of rotatable bonds is 3. The first-order chi connectivity index (χ1) is 20.7. The number of carboxylic acid groups (broad SMARTS) is 1. The highest BCUT2D eigenvalue weighted by atomic mass is 28.3. The first-order valence-electron chi connectivity index (χ1n) is 13.5. The fourth-order valence-corrected chi connectivity index (χ4v) is 4.87. The predicted molar refractivity (Wildman–Crippen MR) is 172 cm³/mol. The van der Waals surface area contributed by atoms with Gasteiger partial charge in [-0.05, 0) is 76.1 Å². The second-order valence-electron chi connectivity index (χ2n) is 11.0. The molecule has 5 rings (SSSR count). The molecule has 44 heavy (non-hydrogen) atoms. The van der Waals surface area contributed by atoms with Gasteiger partial charge in [-0.1, -0.05) is 73.9 Å². The number of halogens is 3. The largest absolute Gasteiger partial charge is 0.478 e. The predicted octanol–water partition coefficient (Wildman–Crippen LogP) is 8.86. The zero-order chi connectivity index (χ0) is 32.1. The van der Waals surface area contributed by atoms with E-state index in [1.165, 1.54) is 12.1 Å². The summed E-state index contributed by atoms with van der Waals surface area (Å²) < 4.78 is 38.3. The van der Waals surface area contributed by atoms with Crippen LogP contribution in [0.15, 0.2) is 97.1 Å². The highest BCUT2D eigenvalue weighted by molar-refractivity contribution is 6.83. The van der Waals surface area contributed by atoms with Crippen molar-refractivity contribution in [3.05, 3.63) is 125 Å². The Morgan fingerprint density at radius 3 is 1.93 bits per heavy atom. The van der Waals surface area contributed by atoms with Crippen molar-refractivity contribution < 1.29 is 27.9 Å². The smallest absolute Gasteiger partial charge is 0.416 e. The summed E-state index contributed by atoms with van der Waals surface area (Å²) in [6.07, 6.45) is 0.902. The standard InChI is InChI=1S/C20H12F3NO.C16H16O2Si/c1-2-13-9-10-17-14(11-13)5-3-8-18(17)19(25)24-16-7-4-6-15(12-16)20(21,22)23;1-19(2,3)10-9-12-7-8-14-13(11-12)5-4-6-15(14)16(17)18/h1,3-12H,(H,24,25);4-8,11H,1-3H3,(H,17,18). The minimum absolute atomic E-state index is 0.0806. The van der Waals surface area contributed by atoms with Crippen LogP contribution >= 0.6 is 0 Å². The number of amides is 1. The molecule has 5 aromatic rings. The molecule has 4 nitrogen and oxygen atoms in total. The highest BCUT2D eigenvalue weighted by Gasteiger charge is 2.30. The molecule has 220 valence electrons. The molecule has 0 aromatic heterocycles. The molecule has 5 aromatic carbocycles. The number of terminal acetylenes is 1. The number of hydrogen-bond donors (Lipinski definition) is 2. The lowest BCUT2D eigenvalue weighted by Crippen LogP contribution is -2.16. The number of hydrogen-bond acceptors (Lipinski definition) is 2. The molecule has 0 heterocycles. The molecule has 0 radical (unpaired) electrons. The number of benzene rings is 5. The molecular weight excluding hydrogens is 579 g/mol. The van der Waals surface area contributed by atoms with Crippen LogP contribution in [0.25, 0.3) is 21.5 Å². The average Bonchev–Trinajstić information content (AvgIpc) is 2.98. The van der Waals surface area contributed by atoms with E-state index in [0.29, 0.717) is 22.1 Å². The van der Waals surface area contributed by atoms with Gasteiger partial charge in [0.2, 0.25) is 0 Å². The zero-order valence-corrected chi connectivity index (χ0v) is 25.2. The van der Waals surface area contributed by atoms with Gasteiger partial charge in [0.25, 0.3) is 5.91 Å². The summed E-state index contributed by atoms with van der Waals surface area (Å²) in [5, 5.41) is 14.8. The number of nitrogens with one attached hydrogen (secondary N) is 1. The third-order valence-corrected chi connectivity index (χ3v) is 7.31. The van der Waals surface area contributed by atoms with E-state index in [1.807, 2.05) is 30.3 Å². The van der Waals surface area contributed by atoms with Crippen molar-refractivity contribution in [2.75, 3.05) is 5.32 Å². The Bertz CT molecular complexity index is 1990. The molecule has 2 N–H and O–H groups in total. The fourth-order valence-electron chi connectivity index (χ4n) is 4.35. The Labute approximate surface area is 254 Å². The van der Waals surface area contributed by atoms with Crippen LogP contribution in [-0.2, 0) is 6.18 Å². The third-order valence-electron chi connectivity index (χ3n) is 6.43. The molecule has 0 saturated carbocycles. The van der Waals surface area contributed by atoms with Crippen molar-refractivity contribution in [2.45, 2.75) is 25.8 Å². The number of carbonyl (C=O) groups is 2. The maximum atomic E-state index is 12.8. The van der Waals surface area contributed by atoms with Crippen molar-refractivity contribution >= 4 is 47.2 Å². The number of fused-ring (bicyclic) bond motifs is 2. The molecule has 0 bridgehead atoms. The molecule has 0 spiro atoms. The van der Waals surface area contributed by atoms with Gasteiger partial charge in [0.15, 0.2) is 0 Å². The Hall–Kier alpha value is -5.31. The van der Waals surface area contributed by atoms with Crippen LogP contribution in [0.4, 0.5) is 18.9 Å². The van der Waals surface area contributed by atoms with Gasteiger partial charge in [0.1, 0.15) is 8.07 Å². The van der Waals surface area contributed by atoms with E-state index in [4.69, 9.17) is 11.5 Å². The fraction of sp³-hybridized carbons (Fsp3) is 0.111. The van der Waals surface area contributed by atoms with E-state index in [0.717, 1.165) is 33.9 Å². The first-order valence-corrected chi connectivity index (χ1v) is 17.0. The lowest BCUT2D eigenvalue weighted by Gasteiger charge is -2.11. The Morgan fingerprint density at radius 2 is 1.34 bits per heavy atom. The zero-order valence-electron chi connectivity index (χ0n) is 24.2. The third kappa shape index (κ3) is 7.94. The van der Waals surface area contributed by atoms with E-state index in [2.05, 4.69) is 42.3 Å². The SMILES string of the molecule is C#Cc1ccc2c(C(=O)Nc3cccc(C(F)(F)F)c3)cccc2c1.C[Si](C)(C)C#Cc1ccc2c(C(=O)O)cccc2c1. The average molecular weight is 608 g/mol. The van der Waals surface area contributed by atoms with Gasteiger partial charge < -0.3 is 10.4 Å². The van der Waals surface area contributed by atoms with Gasteiger partial charge in [-0.15, -0.1) is 12.0 Å². The molecule has 0 aliphatic heterocycles. The van der Waals surface area contributed by atoms with Crippen LogP contribution in [0.2, 0.25) is 19.6 Å². The van der Waals surface area contributed by atoms with Crippen molar-refractivity contribution in [1.82, 2.24) is 0 Å². The van der Waals surface area contributed by atoms with Crippen LogP contribution in [0.1, 0.15) is 37.4 Å². The maximum Gasteiger partial charge on any atom is 0.416 e. The number of carboxylic acids is 1. The summed E-state index contributed by atoms with van der Waals surface area (Å²) in [4.78, 5) is 23.6. The van der Waals surface area contributed by atoms with Crippen molar-refractivity contribution in [2.24, 2.45) is 0 Å². The maximum absolute atomic E-state index is 12.8. The molecule has 0 unspecified atom stereocenters. The monoisotopic (exact) mass is 607 g/mol. The van der Waals surface area contributed by atoms with E-state index < -0.39 is 31.7 Å². The van der Waals surface area contributed by atoms with Crippen molar-refractivity contribution in [1.29, 1.82) is 0 Å². The lowest BCUT2D eigenvalue weighted by atomic mass is 10.0. The second-order valence-corrected chi connectivity index (χ2v) is 15.7. The molecule has 0 aliphatic carbocycles. The van der Waals surface area contributed by atoms with Crippen LogP contribution in [-0.4, -0.2) is 25.1 Å². The topological polar surface area (TPSA) is 66.4 Å². The van der Waals surface area contributed by atoms with Crippen LogP contribution in [0.5, 0.6) is 0 Å². The second kappa shape index (κ2) is 12.9. The van der Waals surface area contributed by atoms with E-state index in [9.17, 15) is 22.8 Å². The number of carbonyl (C=O) groups excluding carboxylic acids is 1. The normalized spacial score (nSPS) is 11.0. The van der Waals surface area contributed by atoms with Gasteiger partial charge >= 0.3 is 12.1 Å². The van der Waals surface area contributed by atoms with Gasteiger partial charge in [0.05, 0.1) is 11.1 Å². The van der Waals surface area contributed by atoms with Crippen LogP contribution in [0, 0.1) is 23.8 Å². The first kappa shape index (κ1) is 31.6. The molecule has 8 heteroatoms. The van der Waals surface area contributed by atoms with Crippen LogP contribution in [0.3, 0.4) is 0 Å². The molecule has 0 aliphatic rings. The number of aromatic carboxylic acids is 1. The summed E-state index contributed by atoms with van der Waals surface area (Å²) in [7, 11) is -1.39. The van der Waals surface area contributed by atoms with E-state index in [1.54, 1.807) is 42.5 Å². The van der Waals surface area contributed by atoms with Gasteiger partial charge in [0, 0.05) is 22.4 Å². The highest BCUT2D eigenvalue weighted by Crippen LogP contribution is 2.31. The summed E-state index contributed by atoms with van der Waals surface area (Å²) in [6.45, 7) is 6.59. The van der Waals surface area contributed by atoms with Crippen LogP contribution < -0.4 is 5.32 Å². The van der Waals surface area contributed by atoms with Gasteiger partial charge in [-0.3, -0.25) is 4.79 Å². The van der Waals surface area contributed by atoms with Crippen molar-refractivity contribution in [3.63, 3.8) is 0 Å². The summed E-state index contributed by atoms with van der Waals surface area (Å²) >= 11 is 0. The van der Waals surface area contributed by atoms with E-state index >= 15 is 0 Å². The minimum atomic E-state index is -4.47. The Balaban J connectivity index is 0.000000209. The summed E-state index contributed by atoms with van der Waals surface area (Å²) in [5.41, 5.74) is 4.90. The summed E-state index contributed by atoms with van der Waals surface area (Å²) in [6, 6.07) is 25.8. The molecule has 0 fully saturated rings. The lowest BCUT2D eigenvalue weighted by molar-refractivity contribution is -0.137.